The van der Waals surface area contributed by atoms with E-state index in [9.17, 15) is 9.59 Å². The maximum absolute atomic E-state index is 11.5. The Bertz CT molecular complexity index is 449. The number of nitrogens with zero attached hydrogens (tertiary/aromatic N) is 1. The summed E-state index contributed by atoms with van der Waals surface area (Å²) >= 11 is 5.74. The summed E-state index contributed by atoms with van der Waals surface area (Å²) in [7, 11) is 1.59. The van der Waals surface area contributed by atoms with Gasteiger partial charge in [0.15, 0.2) is 0 Å². The van der Waals surface area contributed by atoms with Crippen molar-refractivity contribution in [3.05, 3.63) is 29.3 Å². The zero-order valence-corrected chi connectivity index (χ0v) is 11.8. The average molecular weight is 302 g/mol. The molecular weight excluding hydrogens is 286 g/mol. The second kappa shape index (κ2) is 8.39. The number of halogens is 1. The normalized spacial score (nSPS) is 10.1. The van der Waals surface area contributed by atoms with E-state index in [1.165, 1.54) is 4.90 Å². The van der Waals surface area contributed by atoms with Crippen molar-refractivity contribution in [2.24, 2.45) is 0 Å². The van der Waals surface area contributed by atoms with Gasteiger partial charge in [-0.25, -0.2) is 4.79 Å². The third-order valence-electron chi connectivity index (χ3n) is 2.39. The fourth-order valence-corrected chi connectivity index (χ4v) is 1.42. The molecule has 0 atom stereocenters. The number of likely N-dealkylation sites (N-methyl/N-ethyl adjacent to an activating group) is 1. The van der Waals surface area contributed by atoms with Crippen molar-refractivity contribution in [2.75, 3.05) is 33.4 Å². The van der Waals surface area contributed by atoms with E-state index < -0.39 is 12.6 Å². The lowest BCUT2D eigenvalue weighted by atomic mass is 10.3. The first-order valence-electron chi connectivity index (χ1n) is 5.91. The van der Waals surface area contributed by atoms with Crippen LogP contribution >= 0.6 is 11.6 Å². The summed E-state index contributed by atoms with van der Waals surface area (Å²) in [5, 5.41) is 9.00. The fraction of sp³-hybridized carbons (Fsp3) is 0.385. The number of carboxylic acids is 1. The van der Waals surface area contributed by atoms with Crippen LogP contribution in [0.3, 0.4) is 0 Å². The number of rotatable bonds is 8. The first kappa shape index (κ1) is 16.3. The van der Waals surface area contributed by atoms with Crippen molar-refractivity contribution in [3.63, 3.8) is 0 Å². The van der Waals surface area contributed by atoms with Crippen molar-refractivity contribution >= 4 is 23.5 Å². The van der Waals surface area contributed by atoms with Crippen LogP contribution in [-0.2, 0) is 14.3 Å². The van der Waals surface area contributed by atoms with Crippen molar-refractivity contribution < 1.29 is 24.2 Å². The number of carbonyl (C=O) groups is 2. The number of aliphatic carboxylic acids is 1. The van der Waals surface area contributed by atoms with E-state index in [0.29, 0.717) is 23.9 Å². The number of hydrogen-bond acceptors (Lipinski definition) is 4. The molecule has 1 N–H and O–H groups in total. The molecule has 0 aromatic heterocycles. The van der Waals surface area contributed by atoms with Gasteiger partial charge in [-0.15, -0.1) is 0 Å². The molecule has 0 bridgehead atoms. The van der Waals surface area contributed by atoms with Gasteiger partial charge in [0.1, 0.15) is 25.6 Å². The summed E-state index contributed by atoms with van der Waals surface area (Å²) < 4.78 is 10.1. The highest BCUT2D eigenvalue weighted by atomic mass is 35.5. The molecule has 0 saturated heterocycles. The van der Waals surface area contributed by atoms with E-state index in [0.717, 1.165) is 0 Å². The lowest BCUT2D eigenvalue weighted by Crippen LogP contribution is -2.34. The van der Waals surface area contributed by atoms with Crippen LogP contribution in [0.25, 0.3) is 0 Å². The maximum Gasteiger partial charge on any atom is 0.329 e. The summed E-state index contributed by atoms with van der Waals surface area (Å²) in [5.74, 6) is -0.741. The Hall–Kier alpha value is -1.79. The van der Waals surface area contributed by atoms with Gasteiger partial charge >= 0.3 is 5.97 Å². The van der Waals surface area contributed by atoms with Crippen LogP contribution < -0.4 is 4.74 Å². The van der Waals surface area contributed by atoms with Gasteiger partial charge in [-0.3, -0.25) is 4.79 Å². The molecule has 0 spiro atoms. The monoisotopic (exact) mass is 301 g/mol. The van der Waals surface area contributed by atoms with Gasteiger partial charge in [-0.05, 0) is 24.3 Å². The SMILES string of the molecule is CN(CCOc1ccc(Cl)cc1)C(=O)COCC(=O)O. The van der Waals surface area contributed by atoms with Crippen LogP contribution in [-0.4, -0.2) is 55.3 Å². The van der Waals surface area contributed by atoms with Gasteiger partial charge in [0.2, 0.25) is 5.91 Å². The average Bonchev–Trinajstić information content (AvgIpc) is 2.40. The molecule has 20 heavy (non-hydrogen) atoms. The van der Waals surface area contributed by atoms with Gasteiger partial charge in [-0.2, -0.15) is 0 Å². The van der Waals surface area contributed by atoms with Gasteiger partial charge in [0, 0.05) is 12.1 Å². The molecule has 6 nitrogen and oxygen atoms in total. The van der Waals surface area contributed by atoms with E-state index in [4.69, 9.17) is 26.2 Å². The Kier molecular flexibility index (Phi) is 6.83. The zero-order valence-electron chi connectivity index (χ0n) is 11.0. The van der Waals surface area contributed by atoms with Crippen LogP contribution in [0.15, 0.2) is 24.3 Å². The van der Waals surface area contributed by atoms with Crippen molar-refractivity contribution in [1.29, 1.82) is 0 Å². The number of amides is 1. The van der Waals surface area contributed by atoms with Gasteiger partial charge < -0.3 is 19.5 Å². The molecule has 0 fully saturated rings. The summed E-state index contributed by atoms with van der Waals surface area (Å²) in [5.41, 5.74) is 0. The Morgan fingerprint density at radius 1 is 1.25 bits per heavy atom. The van der Waals surface area contributed by atoms with E-state index >= 15 is 0 Å². The lowest BCUT2D eigenvalue weighted by Gasteiger charge is -2.17. The molecule has 1 aromatic rings. The summed E-state index contributed by atoms with van der Waals surface area (Å²) in [4.78, 5) is 23.2. The maximum atomic E-state index is 11.5. The predicted molar refractivity (Wildman–Crippen MR) is 73.0 cm³/mol. The smallest absolute Gasteiger partial charge is 0.329 e. The van der Waals surface area contributed by atoms with Crippen LogP contribution in [0, 0.1) is 0 Å². The number of carbonyl (C=O) groups excluding carboxylic acids is 1. The molecule has 0 saturated carbocycles. The molecule has 0 radical (unpaired) electrons. The van der Waals surface area contributed by atoms with E-state index in [1.807, 2.05) is 0 Å². The van der Waals surface area contributed by atoms with Crippen molar-refractivity contribution in [3.8, 4) is 5.75 Å². The molecule has 1 rings (SSSR count). The predicted octanol–water partition coefficient (Wildman–Crippen LogP) is 1.28. The molecular formula is C13H16ClNO5. The second-order valence-corrected chi connectivity index (χ2v) is 4.44. The van der Waals surface area contributed by atoms with Gasteiger partial charge in [0.25, 0.3) is 0 Å². The highest BCUT2D eigenvalue weighted by molar-refractivity contribution is 6.30. The minimum absolute atomic E-state index is 0.260. The first-order valence-corrected chi connectivity index (χ1v) is 6.28. The molecule has 110 valence electrons. The molecule has 0 aliphatic heterocycles. The van der Waals surface area contributed by atoms with Gasteiger partial charge in [-0.1, -0.05) is 11.6 Å². The minimum Gasteiger partial charge on any atom is -0.492 e. The van der Waals surface area contributed by atoms with Crippen LogP contribution in [0.4, 0.5) is 0 Å². The standard InChI is InChI=1S/C13H16ClNO5/c1-15(12(16)8-19-9-13(17)18)6-7-20-11-4-2-10(14)3-5-11/h2-5H,6-9H2,1H3,(H,17,18). The third kappa shape index (κ3) is 6.40. The van der Waals surface area contributed by atoms with Gasteiger partial charge in [0.05, 0.1) is 6.54 Å². The topological polar surface area (TPSA) is 76.1 Å². The molecule has 1 amide bonds. The zero-order chi connectivity index (χ0) is 15.0. The fourth-order valence-electron chi connectivity index (χ4n) is 1.29. The summed E-state index contributed by atoms with van der Waals surface area (Å²) in [6, 6.07) is 6.90. The molecule has 0 aliphatic rings. The number of ether oxygens (including phenoxy) is 2. The molecule has 0 aliphatic carbocycles. The number of hydrogen-bond donors (Lipinski definition) is 1. The van der Waals surface area contributed by atoms with Crippen molar-refractivity contribution in [2.45, 2.75) is 0 Å². The summed E-state index contributed by atoms with van der Waals surface area (Å²) in [6.45, 7) is -0.0503. The molecule has 0 heterocycles. The van der Waals surface area contributed by atoms with Crippen molar-refractivity contribution in [1.82, 2.24) is 4.90 Å². The van der Waals surface area contributed by atoms with E-state index in [2.05, 4.69) is 0 Å². The Balaban J connectivity index is 2.21. The lowest BCUT2D eigenvalue weighted by molar-refractivity contribution is -0.145. The Labute approximate surface area is 121 Å². The largest absolute Gasteiger partial charge is 0.492 e. The Morgan fingerprint density at radius 2 is 1.90 bits per heavy atom. The molecule has 0 unspecified atom stereocenters. The number of benzene rings is 1. The van der Waals surface area contributed by atoms with E-state index in [1.54, 1.807) is 31.3 Å². The minimum atomic E-state index is -1.11. The second-order valence-electron chi connectivity index (χ2n) is 4.00. The summed E-state index contributed by atoms with van der Waals surface area (Å²) in [6.07, 6.45) is 0. The third-order valence-corrected chi connectivity index (χ3v) is 2.64. The van der Waals surface area contributed by atoms with Crippen LogP contribution in [0.1, 0.15) is 0 Å². The van der Waals surface area contributed by atoms with Crippen LogP contribution in [0.2, 0.25) is 5.02 Å². The molecule has 7 heteroatoms. The van der Waals surface area contributed by atoms with E-state index in [-0.39, 0.29) is 12.5 Å². The first-order chi connectivity index (χ1) is 9.49. The number of carboxylic acid groups (broad SMARTS) is 1. The quantitative estimate of drug-likeness (QED) is 0.783. The molecule has 1 aromatic carbocycles. The Morgan fingerprint density at radius 3 is 2.50 bits per heavy atom. The highest BCUT2D eigenvalue weighted by Crippen LogP contribution is 2.15. The van der Waals surface area contributed by atoms with Crippen LogP contribution in [0.5, 0.6) is 5.75 Å². The highest BCUT2D eigenvalue weighted by Gasteiger charge is 2.09.